The zero-order valence-electron chi connectivity index (χ0n) is 7.82. The first-order chi connectivity index (χ1) is 6.31. The Morgan fingerprint density at radius 2 is 2.08 bits per heavy atom. The second-order valence-corrected chi connectivity index (χ2v) is 3.07. The zero-order valence-corrected chi connectivity index (χ0v) is 7.82. The number of aryl methyl sites for hydroxylation is 1. The summed E-state index contributed by atoms with van der Waals surface area (Å²) in [5.41, 5.74) is 1.29. The minimum atomic E-state index is 1.20. The van der Waals surface area contributed by atoms with Gasteiger partial charge in [0.25, 0.3) is 0 Å². The Labute approximate surface area is 77.3 Å². The molecule has 1 heterocycles. The fraction of sp³-hybridized carbons (Fsp3) is 0.182. The van der Waals surface area contributed by atoms with Crippen LogP contribution in [0.15, 0.2) is 36.7 Å². The fourth-order valence-corrected chi connectivity index (χ4v) is 1.49. The van der Waals surface area contributed by atoms with Crippen LogP contribution >= 0.6 is 0 Å². The van der Waals surface area contributed by atoms with Crippen molar-refractivity contribution < 1.29 is 9.57 Å². The van der Waals surface area contributed by atoms with E-state index in [1.807, 2.05) is 12.4 Å². The van der Waals surface area contributed by atoms with E-state index in [0.29, 0.717) is 0 Å². The molecular formula is C11H12NO+. The van der Waals surface area contributed by atoms with Gasteiger partial charge in [-0.05, 0) is 23.9 Å². The van der Waals surface area contributed by atoms with Gasteiger partial charge in [-0.2, -0.15) is 0 Å². The van der Waals surface area contributed by atoms with E-state index in [-0.39, 0.29) is 0 Å². The summed E-state index contributed by atoms with van der Waals surface area (Å²) in [6.45, 7) is 2.11. The van der Waals surface area contributed by atoms with Gasteiger partial charge < -0.3 is 0 Å². The monoisotopic (exact) mass is 174 g/mol. The number of nitrogens with zero attached hydrogens (tertiary/aromatic N) is 1. The predicted octanol–water partition coefficient (Wildman–Crippen LogP) is 1.49. The number of rotatable bonds is 1. The number of pyridine rings is 1. The first-order valence-corrected chi connectivity index (χ1v) is 4.26. The van der Waals surface area contributed by atoms with Crippen LogP contribution in [0.3, 0.4) is 0 Å². The van der Waals surface area contributed by atoms with Crippen molar-refractivity contribution in [3.8, 4) is 0 Å². The third-order valence-corrected chi connectivity index (χ3v) is 2.22. The molecule has 2 heteroatoms. The Bertz CT molecular complexity index is 437. The molecule has 66 valence electrons. The van der Waals surface area contributed by atoms with E-state index >= 15 is 0 Å². The van der Waals surface area contributed by atoms with Gasteiger partial charge in [0, 0.05) is 10.8 Å². The largest absolute Gasteiger partial charge is 0.275 e. The van der Waals surface area contributed by atoms with Crippen LogP contribution in [0.25, 0.3) is 10.8 Å². The summed E-state index contributed by atoms with van der Waals surface area (Å²) in [6, 6.07) is 8.31. The van der Waals surface area contributed by atoms with Gasteiger partial charge in [0.05, 0.1) is 5.39 Å². The molecule has 2 rings (SSSR count). The van der Waals surface area contributed by atoms with E-state index in [2.05, 4.69) is 31.2 Å². The van der Waals surface area contributed by atoms with Gasteiger partial charge in [-0.1, -0.05) is 12.1 Å². The molecule has 0 saturated carbocycles. The minimum absolute atomic E-state index is 1.20. The Kier molecular flexibility index (Phi) is 1.89. The molecule has 0 aliphatic carbocycles. The summed E-state index contributed by atoms with van der Waals surface area (Å²) in [4.78, 5) is 5.08. The van der Waals surface area contributed by atoms with Crippen molar-refractivity contribution in [2.45, 2.75) is 6.92 Å². The highest BCUT2D eigenvalue weighted by Crippen LogP contribution is 2.14. The predicted molar refractivity (Wildman–Crippen MR) is 51.4 cm³/mol. The molecule has 13 heavy (non-hydrogen) atoms. The quantitative estimate of drug-likeness (QED) is 0.597. The first-order valence-electron chi connectivity index (χ1n) is 4.26. The van der Waals surface area contributed by atoms with E-state index in [1.165, 1.54) is 16.3 Å². The lowest BCUT2D eigenvalue weighted by Crippen LogP contribution is -2.39. The number of hydrogen-bond acceptors (Lipinski definition) is 1. The van der Waals surface area contributed by atoms with Crippen molar-refractivity contribution in [2.24, 2.45) is 0 Å². The Morgan fingerprint density at radius 1 is 1.23 bits per heavy atom. The molecule has 0 atom stereocenters. The standard InChI is InChI=1S/C11H12NO/c1-9-4-3-5-10-8-12(13-2)7-6-11(9)10/h3-8H,1-2H3/q+1. The van der Waals surface area contributed by atoms with Gasteiger partial charge in [0.15, 0.2) is 0 Å². The molecule has 0 amide bonds. The van der Waals surface area contributed by atoms with Crippen LogP contribution in [0.5, 0.6) is 0 Å². The maximum absolute atomic E-state index is 5.08. The van der Waals surface area contributed by atoms with Crippen LogP contribution in [0.1, 0.15) is 5.56 Å². The van der Waals surface area contributed by atoms with Gasteiger partial charge in [0.2, 0.25) is 12.4 Å². The van der Waals surface area contributed by atoms with E-state index < -0.39 is 0 Å². The molecule has 0 N–H and O–H groups in total. The highest BCUT2D eigenvalue weighted by atomic mass is 16.6. The topological polar surface area (TPSA) is 13.1 Å². The second-order valence-electron chi connectivity index (χ2n) is 3.07. The molecule has 0 spiro atoms. The normalized spacial score (nSPS) is 10.3. The summed E-state index contributed by atoms with van der Waals surface area (Å²) in [7, 11) is 1.65. The molecule has 2 aromatic rings. The van der Waals surface area contributed by atoms with Gasteiger partial charge in [-0.15, -0.1) is 0 Å². The SMILES string of the molecule is CO[n+]1ccc2c(C)cccc2c1. The molecule has 0 fully saturated rings. The Balaban J connectivity index is 2.72. The molecule has 0 unspecified atom stereocenters. The number of benzene rings is 1. The van der Waals surface area contributed by atoms with Crippen LogP contribution in [0.2, 0.25) is 0 Å². The third-order valence-electron chi connectivity index (χ3n) is 2.22. The van der Waals surface area contributed by atoms with Crippen molar-refractivity contribution in [3.63, 3.8) is 0 Å². The van der Waals surface area contributed by atoms with Crippen molar-refractivity contribution in [1.82, 2.24) is 0 Å². The van der Waals surface area contributed by atoms with E-state index in [1.54, 1.807) is 11.8 Å². The molecule has 0 aliphatic rings. The smallest absolute Gasteiger partial charge is 0.230 e. The lowest BCUT2D eigenvalue weighted by atomic mass is 10.1. The van der Waals surface area contributed by atoms with Crippen molar-refractivity contribution in [3.05, 3.63) is 42.2 Å². The highest BCUT2D eigenvalue weighted by molar-refractivity contribution is 5.83. The molecule has 2 nitrogen and oxygen atoms in total. The van der Waals surface area contributed by atoms with Gasteiger partial charge in [0.1, 0.15) is 7.11 Å². The number of hydrogen-bond donors (Lipinski definition) is 0. The van der Waals surface area contributed by atoms with Crippen LogP contribution in [-0.4, -0.2) is 7.11 Å². The van der Waals surface area contributed by atoms with E-state index in [9.17, 15) is 0 Å². The number of aromatic nitrogens is 1. The summed E-state index contributed by atoms with van der Waals surface area (Å²) in [5.74, 6) is 0. The summed E-state index contributed by atoms with van der Waals surface area (Å²) < 4.78 is 1.70. The van der Waals surface area contributed by atoms with Crippen molar-refractivity contribution in [2.75, 3.05) is 7.11 Å². The molecule has 0 aliphatic heterocycles. The van der Waals surface area contributed by atoms with Crippen LogP contribution < -0.4 is 9.57 Å². The van der Waals surface area contributed by atoms with Crippen molar-refractivity contribution in [1.29, 1.82) is 0 Å². The van der Waals surface area contributed by atoms with Gasteiger partial charge in [-0.3, -0.25) is 4.84 Å². The molecule has 0 radical (unpaired) electrons. The maximum atomic E-state index is 5.08. The Hall–Kier alpha value is -1.57. The van der Waals surface area contributed by atoms with Crippen LogP contribution in [0.4, 0.5) is 0 Å². The summed E-state index contributed by atoms with van der Waals surface area (Å²) in [5, 5.41) is 2.47. The average molecular weight is 174 g/mol. The van der Waals surface area contributed by atoms with Crippen LogP contribution in [-0.2, 0) is 0 Å². The summed E-state index contributed by atoms with van der Waals surface area (Å²) in [6.07, 6.45) is 3.89. The van der Waals surface area contributed by atoms with Crippen molar-refractivity contribution >= 4 is 10.8 Å². The van der Waals surface area contributed by atoms with E-state index in [4.69, 9.17) is 4.84 Å². The van der Waals surface area contributed by atoms with E-state index in [0.717, 1.165) is 0 Å². The molecule has 0 bridgehead atoms. The fourth-order valence-electron chi connectivity index (χ4n) is 1.49. The zero-order chi connectivity index (χ0) is 9.26. The lowest BCUT2D eigenvalue weighted by Gasteiger charge is -1.98. The molecule has 1 aromatic heterocycles. The molecular weight excluding hydrogens is 162 g/mol. The first kappa shape index (κ1) is 8.05. The number of fused-ring (bicyclic) bond motifs is 1. The van der Waals surface area contributed by atoms with Gasteiger partial charge >= 0.3 is 0 Å². The lowest BCUT2D eigenvalue weighted by molar-refractivity contribution is -0.884. The molecule has 0 saturated heterocycles. The molecule has 1 aromatic carbocycles. The average Bonchev–Trinajstić information content (AvgIpc) is 2.18. The summed E-state index contributed by atoms with van der Waals surface area (Å²) >= 11 is 0. The minimum Gasteiger partial charge on any atom is -0.275 e. The van der Waals surface area contributed by atoms with Crippen LogP contribution in [0, 0.1) is 6.92 Å². The maximum Gasteiger partial charge on any atom is 0.230 e. The Morgan fingerprint density at radius 3 is 2.85 bits per heavy atom. The second kappa shape index (κ2) is 3.05. The third kappa shape index (κ3) is 1.35. The highest BCUT2D eigenvalue weighted by Gasteiger charge is 2.03. The van der Waals surface area contributed by atoms with Gasteiger partial charge in [-0.25, -0.2) is 0 Å².